The first-order valence-corrected chi connectivity index (χ1v) is 8.57. The van der Waals surface area contributed by atoms with Gasteiger partial charge in [-0.15, -0.1) is 11.6 Å². The first kappa shape index (κ1) is 16.6. The molecule has 0 bridgehead atoms. The maximum absolute atomic E-state index is 11.3. The van der Waals surface area contributed by atoms with E-state index in [1.54, 1.807) is 12.1 Å². The molecule has 0 amide bonds. The minimum Gasteiger partial charge on any atom is -0.481 e. The maximum Gasteiger partial charge on any atom is 0.307 e. The molecule has 0 aliphatic heterocycles. The highest BCUT2D eigenvalue weighted by Crippen LogP contribution is 2.66. The predicted molar refractivity (Wildman–Crippen MR) is 89.0 cm³/mol. The van der Waals surface area contributed by atoms with Crippen molar-refractivity contribution in [3.63, 3.8) is 0 Å². The molecular formula is C14H14Br2Cl2O2. The molecule has 0 radical (unpaired) electrons. The van der Waals surface area contributed by atoms with Crippen LogP contribution in [0.4, 0.5) is 0 Å². The van der Waals surface area contributed by atoms with E-state index in [2.05, 4.69) is 31.9 Å². The largest absolute Gasteiger partial charge is 0.481 e. The smallest absolute Gasteiger partial charge is 0.307 e. The van der Waals surface area contributed by atoms with Gasteiger partial charge in [-0.2, -0.15) is 0 Å². The quantitative estimate of drug-likeness (QED) is 0.644. The zero-order valence-electron chi connectivity index (χ0n) is 10.9. The molecule has 2 unspecified atom stereocenters. The lowest BCUT2D eigenvalue weighted by Gasteiger charge is -2.27. The van der Waals surface area contributed by atoms with Crippen LogP contribution in [0.2, 0.25) is 5.02 Å². The third-order valence-electron chi connectivity index (χ3n) is 4.07. The highest BCUT2D eigenvalue weighted by atomic mass is 79.9. The number of benzene rings is 1. The molecule has 1 fully saturated rings. The topological polar surface area (TPSA) is 37.3 Å². The maximum atomic E-state index is 11.3. The highest BCUT2D eigenvalue weighted by Gasteiger charge is 2.67. The summed E-state index contributed by atoms with van der Waals surface area (Å²) in [5.41, 5.74) is 0.567. The summed E-state index contributed by atoms with van der Waals surface area (Å²) in [4.78, 5) is 11.1. The lowest BCUT2D eigenvalue weighted by atomic mass is 10.0. The van der Waals surface area contributed by atoms with Crippen LogP contribution in [0.5, 0.6) is 0 Å². The van der Waals surface area contributed by atoms with Gasteiger partial charge in [0.25, 0.3) is 0 Å². The Balaban J connectivity index is 2.26. The van der Waals surface area contributed by atoms with Crippen molar-refractivity contribution in [2.75, 3.05) is 0 Å². The number of alkyl halides is 3. The molecule has 0 saturated heterocycles. The molecule has 1 aromatic carbocycles. The Morgan fingerprint density at radius 2 is 1.90 bits per heavy atom. The van der Waals surface area contributed by atoms with E-state index in [0.717, 1.165) is 5.56 Å². The molecule has 110 valence electrons. The first-order valence-electron chi connectivity index (χ1n) is 6.11. The third-order valence-corrected chi connectivity index (χ3v) is 7.86. The van der Waals surface area contributed by atoms with Gasteiger partial charge >= 0.3 is 5.97 Å². The van der Waals surface area contributed by atoms with Crippen molar-refractivity contribution in [3.05, 3.63) is 34.9 Å². The number of rotatable bonds is 4. The molecule has 0 heterocycles. The van der Waals surface area contributed by atoms with Crippen molar-refractivity contribution in [1.82, 2.24) is 0 Å². The van der Waals surface area contributed by atoms with Crippen molar-refractivity contribution >= 4 is 61.0 Å². The number of hydrogen-bond donors (Lipinski definition) is 1. The van der Waals surface area contributed by atoms with Crippen LogP contribution in [-0.4, -0.2) is 15.9 Å². The monoisotopic (exact) mass is 442 g/mol. The summed E-state index contributed by atoms with van der Waals surface area (Å²) in [6, 6.07) is 7.20. The van der Waals surface area contributed by atoms with Crippen LogP contribution in [0.3, 0.4) is 0 Å². The van der Waals surface area contributed by atoms with Gasteiger partial charge in [0, 0.05) is 5.02 Å². The fraction of sp³-hybridized carbons (Fsp3) is 0.500. The standard InChI is InChI=1S/C14H14Br2Cl2O2/c1-13(2)9(10(13)12(19)20)11(15)14(16,18)7-3-5-8(17)6-4-7/h3-6,9-11H,1-2H3,(H,19,20)/t9-,10-,11?,14?/m1/s1. The van der Waals surface area contributed by atoms with Crippen molar-refractivity contribution in [2.24, 2.45) is 17.3 Å². The Kier molecular flexibility index (Phi) is 4.53. The van der Waals surface area contributed by atoms with E-state index in [1.165, 1.54) is 0 Å². The average molecular weight is 445 g/mol. The van der Waals surface area contributed by atoms with Gasteiger partial charge in [-0.25, -0.2) is 0 Å². The minimum atomic E-state index is -0.871. The van der Waals surface area contributed by atoms with Gasteiger partial charge in [-0.1, -0.05) is 69.4 Å². The van der Waals surface area contributed by atoms with Crippen LogP contribution in [0.15, 0.2) is 24.3 Å². The molecule has 20 heavy (non-hydrogen) atoms. The summed E-state index contributed by atoms with van der Waals surface area (Å²) >= 11 is 19.6. The number of hydrogen-bond acceptors (Lipinski definition) is 1. The second kappa shape index (κ2) is 5.45. The van der Waals surface area contributed by atoms with Gasteiger partial charge in [0.1, 0.15) is 3.78 Å². The van der Waals surface area contributed by atoms with Crippen LogP contribution in [0, 0.1) is 17.3 Å². The molecule has 0 spiro atoms. The Bertz CT molecular complexity index is 528. The highest BCUT2D eigenvalue weighted by molar-refractivity contribution is 9.12. The minimum absolute atomic E-state index is 0.0486. The molecule has 1 N–H and O–H groups in total. The van der Waals surface area contributed by atoms with Crippen LogP contribution in [0.1, 0.15) is 19.4 Å². The number of halogens is 4. The Morgan fingerprint density at radius 1 is 1.40 bits per heavy atom. The molecule has 1 saturated carbocycles. The first-order chi connectivity index (χ1) is 9.10. The lowest BCUT2D eigenvalue weighted by Crippen LogP contribution is -2.27. The molecule has 2 nitrogen and oxygen atoms in total. The van der Waals surface area contributed by atoms with E-state index in [1.807, 2.05) is 26.0 Å². The SMILES string of the molecule is CC1(C)[C@@H](C(=O)O)[C@@H]1C(Br)C(Cl)(Br)c1ccc(Cl)cc1. The fourth-order valence-corrected chi connectivity index (χ4v) is 4.94. The zero-order chi connectivity index (χ0) is 15.3. The average Bonchev–Trinajstić information content (AvgIpc) is 2.91. The van der Waals surface area contributed by atoms with Crippen LogP contribution in [0.25, 0.3) is 0 Å². The molecular weight excluding hydrogens is 431 g/mol. The molecule has 2 rings (SSSR count). The van der Waals surface area contributed by atoms with E-state index in [0.29, 0.717) is 5.02 Å². The molecule has 1 aliphatic rings. The van der Waals surface area contributed by atoms with Gasteiger partial charge in [-0.05, 0) is 29.0 Å². The van der Waals surface area contributed by atoms with Gasteiger partial charge in [0.15, 0.2) is 0 Å². The Morgan fingerprint density at radius 3 is 2.30 bits per heavy atom. The number of carbonyl (C=O) groups is 1. The number of carboxylic acids is 1. The summed E-state index contributed by atoms with van der Waals surface area (Å²) in [7, 11) is 0. The van der Waals surface area contributed by atoms with Crippen LogP contribution < -0.4 is 0 Å². The number of aliphatic carboxylic acids is 1. The van der Waals surface area contributed by atoms with Crippen molar-refractivity contribution in [1.29, 1.82) is 0 Å². The van der Waals surface area contributed by atoms with Crippen molar-refractivity contribution in [2.45, 2.75) is 22.5 Å². The van der Waals surface area contributed by atoms with Gasteiger partial charge in [-0.3, -0.25) is 4.79 Å². The molecule has 0 aromatic heterocycles. The molecule has 6 heteroatoms. The van der Waals surface area contributed by atoms with Gasteiger partial charge < -0.3 is 5.11 Å². The lowest BCUT2D eigenvalue weighted by molar-refractivity contribution is -0.139. The third kappa shape index (κ3) is 2.77. The summed E-state index contributed by atoms with van der Waals surface area (Å²) in [5, 5.41) is 9.92. The second-order valence-corrected chi connectivity index (χ2v) is 9.42. The summed E-state index contributed by atoms with van der Waals surface area (Å²) in [5.74, 6) is -1.22. The summed E-state index contributed by atoms with van der Waals surface area (Å²) < 4.78 is -0.871. The van der Waals surface area contributed by atoms with Crippen LogP contribution in [-0.2, 0) is 8.58 Å². The molecule has 1 aromatic rings. The van der Waals surface area contributed by atoms with E-state index in [4.69, 9.17) is 23.2 Å². The van der Waals surface area contributed by atoms with Crippen molar-refractivity contribution in [3.8, 4) is 0 Å². The van der Waals surface area contributed by atoms with E-state index in [9.17, 15) is 9.90 Å². The van der Waals surface area contributed by atoms with Gasteiger partial charge in [0.2, 0.25) is 0 Å². The summed E-state index contributed by atoms with van der Waals surface area (Å²) in [6.07, 6.45) is 0. The normalized spacial score (nSPS) is 28.5. The second-order valence-electron chi connectivity index (χ2n) is 5.69. The van der Waals surface area contributed by atoms with Crippen LogP contribution >= 0.6 is 55.1 Å². The van der Waals surface area contributed by atoms with Gasteiger partial charge in [0.05, 0.1) is 10.7 Å². The van der Waals surface area contributed by atoms with E-state index in [-0.39, 0.29) is 16.2 Å². The molecule has 1 aliphatic carbocycles. The predicted octanol–water partition coefficient (Wildman–Crippen LogP) is 5.25. The number of carboxylic acid groups (broad SMARTS) is 1. The van der Waals surface area contributed by atoms with Crippen molar-refractivity contribution < 1.29 is 9.90 Å². The summed E-state index contributed by atoms with van der Waals surface area (Å²) in [6.45, 7) is 3.90. The Hall–Kier alpha value is 0.230. The Labute approximate surface area is 145 Å². The fourth-order valence-electron chi connectivity index (χ4n) is 2.75. The zero-order valence-corrected chi connectivity index (χ0v) is 15.6. The van der Waals surface area contributed by atoms with E-state index >= 15 is 0 Å². The molecule has 4 atom stereocenters. The van der Waals surface area contributed by atoms with E-state index < -0.39 is 15.7 Å².